The summed E-state index contributed by atoms with van der Waals surface area (Å²) in [5, 5.41) is 9.40. The van der Waals surface area contributed by atoms with Crippen molar-refractivity contribution in [3.63, 3.8) is 0 Å². The lowest BCUT2D eigenvalue weighted by atomic mass is 10.2. The maximum Gasteiger partial charge on any atom is 0.319 e. The average Bonchev–Trinajstić information content (AvgIpc) is 3.14. The number of carbonyl (C=O) groups is 2. The molecular formula is C19H25N5O4. The Morgan fingerprint density at radius 2 is 2.00 bits per heavy atom. The van der Waals surface area contributed by atoms with Gasteiger partial charge in [0.25, 0.3) is 5.91 Å². The average molecular weight is 387 g/mol. The summed E-state index contributed by atoms with van der Waals surface area (Å²) >= 11 is 0. The van der Waals surface area contributed by atoms with Crippen LogP contribution < -0.4 is 15.4 Å². The number of hydrogen-bond donors (Lipinski definition) is 2. The number of nitrogens with zero attached hydrogens (tertiary/aromatic N) is 3. The topological polar surface area (TPSA) is 99.9 Å². The molecule has 0 unspecified atom stereocenters. The van der Waals surface area contributed by atoms with Crippen LogP contribution >= 0.6 is 0 Å². The van der Waals surface area contributed by atoms with Crippen LogP contribution in [0.15, 0.2) is 34.9 Å². The number of hydrogen-bond acceptors (Lipinski definition) is 6. The number of nitrogens with one attached hydrogen (secondary N) is 2. The molecule has 2 N–H and O–H groups in total. The molecule has 0 aliphatic carbocycles. The zero-order chi connectivity index (χ0) is 19.9. The van der Waals surface area contributed by atoms with E-state index in [-0.39, 0.29) is 11.9 Å². The van der Waals surface area contributed by atoms with Crippen LogP contribution in [0.5, 0.6) is 5.75 Å². The fraction of sp³-hybridized carbons (Fsp3) is 0.421. The molecule has 0 atom stereocenters. The molecule has 9 nitrogen and oxygen atoms in total. The molecule has 0 spiro atoms. The first-order valence-corrected chi connectivity index (χ1v) is 9.19. The molecule has 0 radical (unpaired) electrons. The van der Waals surface area contributed by atoms with Crippen molar-refractivity contribution in [2.24, 2.45) is 0 Å². The van der Waals surface area contributed by atoms with Gasteiger partial charge in [-0.05, 0) is 19.1 Å². The molecule has 1 fully saturated rings. The molecule has 28 heavy (non-hydrogen) atoms. The summed E-state index contributed by atoms with van der Waals surface area (Å²) in [6, 6.07) is 8.58. The van der Waals surface area contributed by atoms with Gasteiger partial charge in [0.15, 0.2) is 5.69 Å². The van der Waals surface area contributed by atoms with E-state index in [0.29, 0.717) is 42.5 Å². The molecule has 1 aromatic carbocycles. The van der Waals surface area contributed by atoms with Gasteiger partial charge in [-0.1, -0.05) is 11.2 Å². The Balaban J connectivity index is 1.36. The lowest BCUT2D eigenvalue weighted by Crippen LogP contribution is -2.50. The molecule has 1 aliphatic rings. The van der Waals surface area contributed by atoms with E-state index in [0.717, 1.165) is 19.6 Å². The summed E-state index contributed by atoms with van der Waals surface area (Å²) in [6.45, 7) is 5.76. The summed E-state index contributed by atoms with van der Waals surface area (Å²) in [5.74, 6) is 1.21. The van der Waals surface area contributed by atoms with Gasteiger partial charge in [0, 0.05) is 57.1 Å². The normalized spacial score (nSPS) is 14.6. The van der Waals surface area contributed by atoms with Crippen LogP contribution in [0, 0.1) is 6.92 Å². The van der Waals surface area contributed by atoms with Crippen LogP contribution in [0.2, 0.25) is 0 Å². The lowest BCUT2D eigenvalue weighted by Gasteiger charge is -2.34. The van der Waals surface area contributed by atoms with E-state index >= 15 is 0 Å². The first kappa shape index (κ1) is 19.7. The Labute approximate surface area is 163 Å². The Kier molecular flexibility index (Phi) is 6.49. The molecule has 3 rings (SSSR count). The summed E-state index contributed by atoms with van der Waals surface area (Å²) < 4.78 is 10.1. The number of carbonyl (C=O) groups excluding carboxylic acids is 2. The molecule has 2 heterocycles. The molecule has 1 aliphatic heterocycles. The highest BCUT2D eigenvalue weighted by Crippen LogP contribution is 2.16. The van der Waals surface area contributed by atoms with Crippen molar-refractivity contribution >= 4 is 17.6 Å². The molecule has 150 valence electrons. The second kappa shape index (κ2) is 9.23. The monoisotopic (exact) mass is 387 g/mol. The number of piperazine rings is 1. The fourth-order valence-corrected chi connectivity index (χ4v) is 3.01. The maximum absolute atomic E-state index is 12.4. The van der Waals surface area contributed by atoms with Crippen LogP contribution in [-0.2, 0) is 0 Å². The van der Waals surface area contributed by atoms with E-state index < -0.39 is 0 Å². The van der Waals surface area contributed by atoms with Crippen LogP contribution in [0.1, 0.15) is 16.2 Å². The third-order valence-corrected chi connectivity index (χ3v) is 4.55. The minimum absolute atomic E-state index is 0.104. The highest BCUT2D eigenvalue weighted by Gasteiger charge is 2.24. The predicted octanol–water partition coefficient (Wildman–Crippen LogP) is 1.57. The maximum atomic E-state index is 12.4. The zero-order valence-electron chi connectivity index (χ0n) is 16.1. The van der Waals surface area contributed by atoms with Gasteiger partial charge in [-0.2, -0.15) is 0 Å². The van der Waals surface area contributed by atoms with Gasteiger partial charge in [0.2, 0.25) is 0 Å². The zero-order valence-corrected chi connectivity index (χ0v) is 16.1. The molecule has 1 aromatic heterocycles. The number of aromatic nitrogens is 1. The summed E-state index contributed by atoms with van der Waals surface area (Å²) in [6.07, 6.45) is 0. The highest BCUT2D eigenvalue weighted by atomic mass is 16.5. The molecule has 1 saturated heterocycles. The van der Waals surface area contributed by atoms with Crippen LogP contribution in [-0.4, -0.2) is 73.3 Å². The molecule has 2 aromatic rings. The number of benzene rings is 1. The number of methoxy groups -OCH3 is 1. The molecule has 0 bridgehead atoms. The molecule has 0 saturated carbocycles. The quantitative estimate of drug-likeness (QED) is 0.781. The van der Waals surface area contributed by atoms with E-state index in [1.165, 1.54) is 0 Å². The van der Waals surface area contributed by atoms with Gasteiger partial charge >= 0.3 is 6.03 Å². The van der Waals surface area contributed by atoms with Crippen molar-refractivity contribution in [3.8, 4) is 5.75 Å². The summed E-state index contributed by atoms with van der Waals surface area (Å²) in [4.78, 5) is 28.3. The minimum atomic E-state index is -0.261. The van der Waals surface area contributed by atoms with Crippen molar-refractivity contribution in [3.05, 3.63) is 41.8 Å². The van der Waals surface area contributed by atoms with E-state index in [1.807, 2.05) is 12.1 Å². The van der Waals surface area contributed by atoms with E-state index in [4.69, 9.17) is 9.26 Å². The highest BCUT2D eigenvalue weighted by molar-refractivity contribution is 5.92. The van der Waals surface area contributed by atoms with Gasteiger partial charge in [0.1, 0.15) is 11.5 Å². The fourth-order valence-electron chi connectivity index (χ4n) is 3.01. The Bertz CT molecular complexity index is 814. The number of urea groups is 1. The number of rotatable bonds is 6. The third-order valence-electron chi connectivity index (χ3n) is 4.55. The second-order valence-corrected chi connectivity index (χ2v) is 6.57. The van der Waals surface area contributed by atoms with Gasteiger partial charge in [-0.3, -0.25) is 9.69 Å². The smallest absolute Gasteiger partial charge is 0.319 e. The Morgan fingerprint density at radius 3 is 2.68 bits per heavy atom. The largest absolute Gasteiger partial charge is 0.497 e. The third kappa shape index (κ3) is 5.23. The number of ether oxygens (including phenoxy) is 1. The van der Waals surface area contributed by atoms with Gasteiger partial charge in [-0.25, -0.2) is 4.79 Å². The Morgan fingerprint density at radius 1 is 1.21 bits per heavy atom. The van der Waals surface area contributed by atoms with Crippen molar-refractivity contribution in [2.75, 3.05) is 51.7 Å². The second-order valence-electron chi connectivity index (χ2n) is 6.57. The van der Waals surface area contributed by atoms with E-state index in [2.05, 4.69) is 20.7 Å². The van der Waals surface area contributed by atoms with E-state index in [1.54, 1.807) is 37.1 Å². The first-order chi connectivity index (χ1) is 13.5. The number of aryl methyl sites for hydroxylation is 1. The van der Waals surface area contributed by atoms with Gasteiger partial charge < -0.3 is 24.8 Å². The predicted molar refractivity (Wildman–Crippen MR) is 104 cm³/mol. The lowest BCUT2D eigenvalue weighted by molar-refractivity contribution is 0.0629. The summed E-state index contributed by atoms with van der Waals surface area (Å²) in [7, 11) is 1.58. The van der Waals surface area contributed by atoms with Gasteiger partial charge in [0.05, 0.1) is 7.11 Å². The Hall–Kier alpha value is -3.07. The molecule has 3 amide bonds. The molecular weight excluding hydrogens is 362 g/mol. The standard InChI is InChI=1S/C19H25N5O4/c1-14-12-17(22-28-14)18(25)24-10-8-23(9-11-24)7-6-20-19(26)21-15-4-3-5-16(13-15)27-2/h3-5,12-13H,6-11H2,1-2H3,(H2,20,21,26). The van der Waals surface area contributed by atoms with Gasteiger partial charge in [-0.15, -0.1) is 0 Å². The SMILES string of the molecule is COc1cccc(NC(=O)NCCN2CCN(C(=O)c3cc(C)on3)CC2)c1. The van der Waals surface area contributed by atoms with Crippen molar-refractivity contribution in [1.82, 2.24) is 20.3 Å². The minimum Gasteiger partial charge on any atom is -0.497 e. The number of anilines is 1. The van der Waals surface area contributed by atoms with Crippen molar-refractivity contribution in [1.29, 1.82) is 0 Å². The van der Waals surface area contributed by atoms with Crippen LogP contribution in [0.25, 0.3) is 0 Å². The first-order valence-electron chi connectivity index (χ1n) is 9.19. The summed E-state index contributed by atoms with van der Waals surface area (Å²) in [5.41, 5.74) is 1.02. The van der Waals surface area contributed by atoms with Crippen molar-refractivity contribution < 1.29 is 18.8 Å². The van der Waals surface area contributed by atoms with Crippen molar-refractivity contribution in [2.45, 2.75) is 6.92 Å². The number of amides is 3. The molecule has 9 heteroatoms. The van der Waals surface area contributed by atoms with Crippen LogP contribution in [0.3, 0.4) is 0 Å². The van der Waals surface area contributed by atoms with Crippen LogP contribution in [0.4, 0.5) is 10.5 Å². The van der Waals surface area contributed by atoms with E-state index in [9.17, 15) is 9.59 Å².